The molecule has 0 spiro atoms. The molecule has 0 saturated heterocycles. The van der Waals surface area contributed by atoms with Gasteiger partial charge >= 0.3 is 0 Å². The van der Waals surface area contributed by atoms with Gasteiger partial charge in [0.25, 0.3) is 0 Å². The van der Waals surface area contributed by atoms with E-state index in [4.69, 9.17) is 4.74 Å². The zero-order chi connectivity index (χ0) is 10.4. The number of nitrogens with one attached hydrogen (secondary N) is 1. The van der Waals surface area contributed by atoms with Crippen molar-refractivity contribution in [3.63, 3.8) is 0 Å². The van der Waals surface area contributed by atoms with E-state index in [1.54, 1.807) is 7.11 Å². The van der Waals surface area contributed by atoms with Gasteiger partial charge in [-0.1, -0.05) is 6.92 Å². The molecule has 1 aliphatic rings. The first-order valence-corrected chi connectivity index (χ1v) is 6.75. The Morgan fingerprint density at radius 2 is 2.29 bits per heavy atom. The summed E-state index contributed by atoms with van der Waals surface area (Å²) in [6, 6.07) is 0.594. The molecule has 1 rings (SSSR count). The molecule has 1 aliphatic carbocycles. The van der Waals surface area contributed by atoms with Gasteiger partial charge < -0.3 is 10.1 Å². The first kappa shape index (κ1) is 12.1. The van der Waals surface area contributed by atoms with Crippen LogP contribution in [0.3, 0.4) is 0 Å². The molecule has 1 N–H and O–H groups in total. The second kappa shape index (κ2) is 6.53. The minimum atomic E-state index is -0.685. The SMILES string of the molecule is CCNC1CCC(S(=O)CCOC)C1. The van der Waals surface area contributed by atoms with Gasteiger partial charge in [-0.3, -0.25) is 4.21 Å². The van der Waals surface area contributed by atoms with Gasteiger partial charge in [0.2, 0.25) is 0 Å². The first-order chi connectivity index (χ1) is 6.77. The molecule has 84 valence electrons. The number of methoxy groups -OCH3 is 1. The van der Waals surface area contributed by atoms with Crippen LogP contribution >= 0.6 is 0 Å². The fourth-order valence-electron chi connectivity index (χ4n) is 1.99. The van der Waals surface area contributed by atoms with Crippen LogP contribution in [0.25, 0.3) is 0 Å². The highest BCUT2D eigenvalue weighted by atomic mass is 32.2. The molecule has 1 fully saturated rings. The van der Waals surface area contributed by atoms with Crippen LogP contribution < -0.4 is 5.32 Å². The molecular weight excluding hydrogens is 198 g/mol. The van der Waals surface area contributed by atoms with Crippen LogP contribution in [0, 0.1) is 0 Å². The van der Waals surface area contributed by atoms with Crippen molar-refractivity contribution in [3.8, 4) is 0 Å². The van der Waals surface area contributed by atoms with E-state index in [0.717, 1.165) is 19.4 Å². The highest BCUT2D eigenvalue weighted by Crippen LogP contribution is 2.23. The maximum absolute atomic E-state index is 11.8. The van der Waals surface area contributed by atoms with Crippen molar-refractivity contribution >= 4 is 10.8 Å². The Kier molecular flexibility index (Phi) is 5.67. The fourth-order valence-corrected chi connectivity index (χ4v) is 3.50. The van der Waals surface area contributed by atoms with E-state index in [0.29, 0.717) is 23.7 Å². The van der Waals surface area contributed by atoms with E-state index >= 15 is 0 Å². The van der Waals surface area contributed by atoms with E-state index in [9.17, 15) is 4.21 Å². The second-order valence-corrected chi connectivity index (χ2v) is 5.60. The highest BCUT2D eigenvalue weighted by molar-refractivity contribution is 7.85. The van der Waals surface area contributed by atoms with E-state index in [1.807, 2.05) is 0 Å². The maximum Gasteiger partial charge on any atom is 0.0577 e. The monoisotopic (exact) mass is 219 g/mol. The molecule has 0 bridgehead atoms. The molecule has 3 atom stereocenters. The summed E-state index contributed by atoms with van der Waals surface area (Å²) in [4.78, 5) is 0. The van der Waals surface area contributed by atoms with Gasteiger partial charge in [0.05, 0.1) is 6.61 Å². The van der Waals surface area contributed by atoms with E-state index in [-0.39, 0.29) is 0 Å². The average Bonchev–Trinajstić information content (AvgIpc) is 2.63. The Hall–Kier alpha value is 0.0700. The summed E-state index contributed by atoms with van der Waals surface area (Å²) in [7, 11) is 0.975. The number of hydrogen-bond acceptors (Lipinski definition) is 3. The summed E-state index contributed by atoms with van der Waals surface area (Å²) in [6.45, 7) is 3.76. The zero-order valence-electron chi connectivity index (χ0n) is 9.12. The predicted octanol–water partition coefficient (Wildman–Crippen LogP) is 0.912. The summed E-state index contributed by atoms with van der Waals surface area (Å²) >= 11 is 0. The van der Waals surface area contributed by atoms with Crippen molar-refractivity contribution in [1.82, 2.24) is 5.32 Å². The van der Waals surface area contributed by atoms with Gasteiger partial charge in [-0.15, -0.1) is 0 Å². The molecule has 0 heterocycles. The van der Waals surface area contributed by atoms with Crippen molar-refractivity contribution in [3.05, 3.63) is 0 Å². The van der Waals surface area contributed by atoms with Gasteiger partial charge in [-0.05, 0) is 25.8 Å². The van der Waals surface area contributed by atoms with Gasteiger partial charge in [0.15, 0.2) is 0 Å². The minimum Gasteiger partial charge on any atom is -0.384 e. The Labute approximate surface area is 89.1 Å². The topological polar surface area (TPSA) is 38.3 Å². The lowest BCUT2D eigenvalue weighted by molar-refractivity contribution is 0.218. The lowest BCUT2D eigenvalue weighted by Crippen LogP contribution is -2.27. The van der Waals surface area contributed by atoms with E-state index in [2.05, 4.69) is 12.2 Å². The van der Waals surface area contributed by atoms with Gasteiger partial charge in [-0.2, -0.15) is 0 Å². The molecule has 0 aromatic carbocycles. The normalized spacial score (nSPS) is 29.3. The van der Waals surface area contributed by atoms with Crippen molar-refractivity contribution in [1.29, 1.82) is 0 Å². The third kappa shape index (κ3) is 3.67. The first-order valence-electron chi connectivity index (χ1n) is 5.37. The second-order valence-electron chi connectivity index (χ2n) is 3.77. The Morgan fingerprint density at radius 1 is 1.50 bits per heavy atom. The van der Waals surface area contributed by atoms with Crippen LogP contribution in [0.2, 0.25) is 0 Å². The molecule has 1 saturated carbocycles. The summed E-state index contributed by atoms with van der Waals surface area (Å²) in [5.74, 6) is 0.694. The summed E-state index contributed by atoms with van der Waals surface area (Å²) in [5.41, 5.74) is 0. The van der Waals surface area contributed by atoms with Crippen LogP contribution in [0.4, 0.5) is 0 Å². The molecule has 0 aromatic heterocycles. The largest absolute Gasteiger partial charge is 0.384 e. The zero-order valence-corrected chi connectivity index (χ0v) is 9.94. The molecule has 0 amide bonds. The lowest BCUT2D eigenvalue weighted by atomic mass is 10.2. The molecule has 0 aromatic rings. The molecule has 0 aliphatic heterocycles. The van der Waals surface area contributed by atoms with Crippen molar-refractivity contribution in [2.24, 2.45) is 0 Å². The molecular formula is C10H21NO2S. The highest BCUT2D eigenvalue weighted by Gasteiger charge is 2.27. The summed E-state index contributed by atoms with van der Waals surface area (Å²) in [6.07, 6.45) is 3.36. The standard InChI is InChI=1S/C10H21NO2S/c1-3-11-9-4-5-10(8-9)14(12)7-6-13-2/h9-11H,3-8H2,1-2H3. The lowest BCUT2D eigenvalue weighted by Gasteiger charge is -2.11. The van der Waals surface area contributed by atoms with E-state index in [1.165, 1.54) is 6.42 Å². The van der Waals surface area contributed by atoms with Gasteiger partial charge in [0, 0.05) is 35.0 Å². The smallest absolute Gasteiger partial charge is 0.0577 e. The van der Waals surface area contributed by atoms with Crippen molar-refractivity contribution in [2.75, 3.05) is 26.0 Å². The molecule has 4 heteroatoms. The number of rotatable bonds is 6. The fraction of sp³-hybridized carbons (Fsp3) is 1.00. The molecule has 0 radical (unpaired) electrons. The van der Waals surface area contributed by atoms with Gasteiger partial charge in [0.1, 0.15) is 0 Å². The number of hydrogen-bond donors (Lipinski definition) is 1. The van der Waals surface area contributed by atoms with Gasteiger partial charge in [-0.25, -0.2) is 0 Å². The minimum absolute atomic E-state index is 0.397. The van der Waals surface area contributed by atoms with Crippen LogP contribution in [-0.4, -0.2) is 41.5 Å². The van der Waals surface area contributed by atoms with Crippen LogP contribution in [0.5, 0.6) is 0 Å². The van der Waals surface area contributed by atoms with Crippen LogP contribution in [0.15, 0.2) is 0 Å². The Bertz CT molecular complexity index is 187. The average molecular weight is 219 g/mol. The van der Waals surface area contributed by atoms with E-state index < -0.39 is 10.8 Å². The Morgan fingerprint density at radius 3 is 2.93 bits per heavy atom. The third-order valence-corrected chi connectivity index (χ3v) is 4.48. The molecule has 3 nitrogen and oxygen atoms in total. The summed E-state index contributed by atoms with van der Waals surface area (Å²) in [5, 5.41) is 3.82. The van der Waals surface area contributed by atoms with Crippen molar-refractivity contribution in [2.45, 2.75) is 37.5 Å². The summed E-state index contributed by atoms with van der Waals surface area (Å²) < 4.78 is 16.7. The third-order valence-electron chi connectivity index (χ3n) is 2.74. The predicted molar refractivity (Wildman–Crippen MR) is 60.0 cm³/mol. The Balaban J connectivity index is 2.23. The molecule has 14 heavy (non-hydrogen) atoms. The molecule has 3 unspecified atom stereocenters. The van der Waals surface area contributed by atoms with Crippen LogP contribution in [0.1, 0.15) is 26.2 Å². The van der Waals surface area contributed by atoms with Crippen LogP contribution in [-0.2, 0) is 15.5 Å². The maximum atomic E-state index is 11.8. The number of ether oxygens (including phenoxy) is 1. The van der Waals surface area contributed by atoms with Crippen molar-refractivity contribution < 1.29 is 8.95 Å². The quantitative estimate of drug-likeness (QED) is 0.722.